The number of rotatable bonds is 2. The Bertz CT molecular complexity index is 1040. The number of thiazole rings is 1. The summed E-state index contributed by atoms with van der Waals surface area (Å²) >= 11 is 2.12. The Kier molecular flexibility index (Phi) is 3.92. The van der Waals surface area contributed by atoms with Crippen LogP contribution in [0.5, 0.6) is 0 Å². The van der Waals surface area contributed by atoms with Crippen molar-refractivity contribution in [2.75, 3.05) is 11.1 Å². The Morgan fingerprint density at radius 2 is 2.08 bits per heavy atom. The summed E-state index contributed by atoms with van der Waals surface area (Å²) in [4.78, 5) is 21.1. The zero-order valence-corrected chi connectivity index (χ0v) is 15.2. The third-order valence-electron chi connectivity index (χ3n) is 4.23. The highest BCUT2D eigenvalue weighted by molar-refractivity contribution is 7.21. The summed E-state index contributed by atoms with van der Waals surface area (Å²) in [6.45, 7) is 1.78. The van der Waals surface area contributed by atoms with Gasteiger partial charge in [-0.3, -0.25) is 10.1 Å². The van der Waals surface area contributed by atoms with E-state index in [1.54, 1.807) is 12.3 Å². The number of carbonyl (C=O) groups excluding carboxylic acids is 1. The van der Waals surface area contributed by atoms with Crippen molar-refractivity contribution < 1.29 is 18.0 Å². The lowest BCUT2D eigenvalue weighted by atomic mass is 10.0. The summed E-state index contributed by atoms with van der Waals surface area (Å²) < 4.78 is 41.2. The van der Waals surface area contributed by atoms with Crippen molar-refractivity contribution in [1.82, 2.24) is 9.97 Å². The van der Waals surface area contributed by atoms with Crippen LogP contribution < -0.4 is 11.1 Å². The third kappa shape index (κ3) is 2.73. The van der Waals surface area contributed by atoms with E-state index in [4.69, 9.17) is 5.73 Å². The first-order chi connectivity index (χ1) is 12.3. The molecule has 0 atom stereocenters. The van der Waals surface area contributed by atoms with Gasteiger partial charge in [-0.05, 0) is 31.7 Å². The number of anilines is 2. The topological polar surface area (TPSA) is 80.9 Å². The largest absolute Gasteiger partial charge is 0.417 e. The highest BCUT2D eigenvalue weighted by Crippen LogP contribution is 2.46. The summed E-state index contributed by atoms with van der Waals surface area (Å²) in [5.74, 6) is -0.576. The smallest absolute Gasteiger partial charge is 0.397 e. The van der Waals surface area contributed by atoms with Crippen LogP contribution in [-0.4, -0.2) is 15.9 Å². The van der Waals surface area contributed by atoms with E-state index in [0.29, 0.717) is 30.1 Å². The molecule has 0 bridgehead atoms. The average Bonchev–Trinajstić information content (AvgIpc) is 3.24. The molecule has 26 heavy (non-hydrogen) atoms. The van der Waals surface area contributed by atoms with Gasteiger partial charge < -0.3 is 5.73 Å². The summed E-state index contributed by atoms with van der Waals surface area (Å²) in [6.07, 6.45) is -3.08. The minimum absolute atomic E-state index is 0.0227. The van der Waals surface area contributed by atoms with E-state index >= 15 is 0 Å². The maximum Gasteiger partial charge on any atom is 0.417 e. The summed E-state index contributed by atoms with van der Waals surface area (Å²) in [5, 5.41) is 4.56. The monoisotopic (exact) mass is 398 g/mol. The summed E-state index contributed by atoms with van der Waals surface area (Å²) in [5.41, 5.74) is 6.47. The van der Waals surface area contributed by atoms with Gasteiger partial charge in [0.15, 0.2) is 5.13 Å². The van der Waals surface area contributed by atoms with E-state index in [0.717, 1.165) is 17.0 Å². The van der Waals surface area contributed by atoms with E-state index < -0.39 is 17.6 Å². The normalized spacial score (nSPS) is 14.0. The molecule has 1 aliphatic rings. The van der Waals surface area contributed by atoms with Crippen molar-refractivity contribution in [1.29, 1.82) is 0 Å². The number of aryl methyl sites for hydroxylation is 2. The van der Waals surface area contributed by atoms with Crippen molar-refractivity contribution >= 4 is 49.6 Å². The lowest BCUT2D eigenvalue weighted by Crippen LogP contribution is -2.13. The number of nitrogen functional groups attached to an aromatic ring is 1. The second-order valence-corrected chi connectivity index (χ2v) is 7.89. The number of nitrogens with zero attached hydrogens (tertiary/aromatic N) is 2. The molecule has 1 aliphatic carbocycles. The zero-order chi connectivity index (χ0) is 18.6. The predicted octanol–water partition coefficient (Wildman–Crippen LogP) is 4.40. The van der Waals surface area contributed by atoms with Gasteiger partial charge in [-0.25, -0.2) is 9.97 Å². The summed E-state index contributed by atoms with van der Waals surface area (Å²) in [7, 11) is 0. The van der Waals surface area contributed by atoms with Crippen LogP contribution in [0.25, 0.3) is 10.2 Å². The van der Waals surface area contributed by atoms with Gasteiger partial charge in [0.05, 0.1) is 16.9 Å². The van der Waals surface area contributed by atoms with Crippen molar-refractivity contribution in [3.05, 3.63) is 32.8 Å². The van der Waals surface area contributed by atoms with Gasteiger partial charge in [0.2, 0.25) is 0 Å². The number of carbonyl (C=O) groups is 1. The van der Waals surface area contributed by atoms with Crippen LogP contribution in [0.4, 0.5) is 24.0 Å². The van der Waals surface area contributed by atoms with Crippen LogP contribution in [0, 0.1) is 6.92 Å². The molecule has 10 heteroatoms. The number of alkyl halides is 3. The molecule has 3 aromatic heterocycles. The molecule has 0 aromatic carbocycles. The molecular weight excluding hydrogens is 385 g/mol. The average molecular weight is 398 g/mol. The van der Waals surface area contributed by atoms with Crippen molar-refractivity contribution in [2.45, 2.75) is 32.4 Å². The lowest BCUT2D eigenvalue weighted by Gasteiger charge is -2.13. The number of hydrogen-bond donors (Lipinski definition) is 2. The quantitative estimate of drug-likeness (QED) is 0.670. The number of pyridine rings is 1. The predicted molar refractivity (Wildman–Crippen MR) is 95.9 cm³/mol. The van der Waals surface area contributed by atoms with Gasteiger partial charge in [-0.2, -0.15) is 13.2 Å². The molecule has 0 saturated carbocycles. The Morgan fingerprint density at radius 3 is 2.73 bits per heavy atom. The molecule has 5 nitrogen and oxygen atoms in total. The van der Waals surface area contributed by atoms with Gasteiger partial charge >= 0.3 is 6.18 Å². The fraction of sp³-hybridized carbons (Fsp3) is 0.312. The van der Waals surface area contributed by atoms with E-state index in [-0.39, 0.29) is 26.3 Å². The van der Waals surface area contributed by atoms with Crippen LogP contribution in [0.15, 0.2) is 5.38 Å². The molecule has 3 aromatic rings. The second kappa shape index (κ2) is 5.92. The van der Waals surface area contributed by atoms with Crippen LogP contribution in [0.3, 0.4) is 0 Å². The Hall–Kier alpha value is -2.20. The Labute approximate surface area is 154 Å². The van der Waals surface area contributed by atoms with Gasteiger partial charge in [-0.1, -0.05) is 0 Å². The fourth-order valence-electron chi connectivity index (χ4n) is 3.19. The summed E-state index contributed by atoms with van der Waals surface area (Å²) in [6, 6.07) is 0. The number of thiophene rings is 1. The second-order valence-electron chi connectivity index (χ2n) is 6.04. The number of halogens is 3. The third-order valence-corrected chi connectivity index (χ3v) is 6.21. The van der Waals surface area contributed by atoms with Crippen LogP contribution in [-0.2, 0) is 19.0 Å². The SMILES string of the molecule is Cc1csc(NC(=O)c2sc3nc4c(c(C(F)(F)F)c3c2N)CCC4)n1. The van der Waals surface area contributed by atoms with E-state index in [2.05, 4.69) is 15.3 Å². The molecule has 0 aliphatic heterocycles. The Morgan fingerprint density at radius 1 is 1.31 bits per heavy atom. The van der Waals surface area contributed by atoms with Crippen LogP contribution in [0.1, 0.15) is 38.6 Å². The van der Waals surface area contributed by atoms with E-state index in [1.807, 2.05) is 0 Å². The number of amides is 1. The molecular formula is C16H13F3N4OS2. The minimum atomic E-state index is -4.55. The van der Waals surface area contributed by atoms with E-state index in [9.17, 15) is 18.0 Å². The van der Waals surface area contributed by atoms with Crippen molar-refractivity contribution in [2.24, 2.45) is 0 Å². The van der Waals surface area contributed by atoms with Gasteiger partial charge in [0.25, 0.3) is 5.91 Å². The van der Waals surface area contributed by atoms with Crippen LogP contribution in [0.2, 0.25) is 0 Å². The maximum atomic E-state index is 13.7. The molecule has 0 radical (unpaired) electrons. The molecule has 0 fully saturated rings. The highest BCUT2D eigenvalue weighted by Gasteiger charge is 2.40. The molecule has 1 amide bonds. The molecule has 4 rings (SSSR count). The standard InChI is InChI=1S/C16H13F3N4OS2/c1-6-5-25-15(21-6)23-13(24)12-11(20)9-10(16(17,18)19)7-3-2-4-8(7)22-14(9)26-12/h5H,2-4,20H2,1H3,(H,21,23,24). The molecule has 0 spiro atoms. The van der Waals surface area contributed by atoms with E-state index in [1.165, 1.54) is 11.3 Å². The number of aromatic nitrogens is 2. The van der Waals surface area contributed by atoms with Crippen molar-refractivity contribution in [3.63, 3.8) is 0 Å². The first-order valence-electron chi connectivity index (χ1n) is 7.80. The van der Waals surface area contributed by atoms with Gasteiger partial charge in [0.1, 0.15) is 9.71 Å². The zero-order valence-electron chi connectivity index (χ0n) is 13.5. The van der Waals surface area contributed by atoms with Gasteiger partial charge in [0, 0.05) is 16.5 Å². The molecule has 136 valence electrons. The van der Waals surface area contributed by atoms with Gasteiger partial charge in [-0.15, -0.1) is 22.7 Å². The molecule has 0 unspecified atom stereocenters. The molecule has 3 N–H and O–H groups in total. The molecule has 0 saturated heterocycles. The number of hydrogen-bond acceptors (Lipinski definition) is 6. The first-order valence-corrected chi connectivity index (χ1v) is 9.49. The minimum Gasteiger partial charge on any atom is -0.397 e. The van der Waals surface area contributed by atoms with Crippen molar-refractivity contribution in [3.8, 4) is 0 Å². The highest BCUT2D eigenvalue weighted by atomic mass is 32.1. The first kappa shape index (κ1) is 17.2. The maximum absolute atomic E-state index is 13.7. The Balaban J connectivity index is 1.86. The lowest BCUT2D eigenvalue weighted by molar-refractivity contribution is -0.136. The van der Waals surface area contributed by atoms with Crippen LogP contribution >= 0.6 is 22.7 Å². The molecule has 3 heterocycles. The number of nitrogens with one attached hydrogen (secondary N) is 1. The number of nitrogens with two attached hydrogens (primary N) is 1. The number of fused-ring (bicyclic) bond motifs is 2. The fourth-order valence-corrected chi connectivity index (χ4v) is 4.89.